The molecule has 1 aliphatic rings. The summed E-state index contributed by atoms with van der Waals surface area (Å²) in [5.74, 6) is 0.604. The SMILES string of the molecule is Cc1cc(CCl)ccc1N1CCC(C)(C)C1. The molecule has 0 aliphatic carbocycles. The molecule has 88 valence electrons. The fourth-order valence-electron chi connectivity index (χ4n) is 2.47. The fraction of sp³-hybridized carbons (Fsp3) is 0.571. The molecule has 1 fully saturated rings. The molecular formula is C14H20ClN. The first-order valence-corrected chi connectivity index (χ1v) is 6.46. The molecule has 2 rings (SSSR count). The van der Waals surface area contributed by atoms with E-state index in [-0.39, 0.29) is 0 Å². The van der Waals surface area contributed by atoms with Crippen molar-refractivity contribution >= 4 is 17.3 Å². The number of hydrogen-bond donors (Lipinski definition) is 0. The lowest BCUT2D eigenvalue weighted by atomic mass is 9.93. The van der Waals surface area contributed by atoms with Gasteiger partial charge in [-0.15, -0.1) is 11.6 Å². The van der Waals surface area contributed by atoms with Gasteiger partial charge in [0.05, 0.1) is 0 Å². The van der Waals surface area contributed by atoms with Crippen molar-refractivity contribution in [3.8, 4) is 0 Å². The number of alkyl halides is 1. The van der Waals surface area contributed by atoms with Crippen LogP contribution in [0.2, 0.25) is 0 Å². The van der Waals surface area contributed by atoms with Gasteiger partial charge in [-0.2, -0.15) is 0 Å². The van der Waals surface area contributed by atoms with E-state index in [1.165, 1.54) is 29.8 Å². The zero-order valence-electron chi connectivity index (χ0n) is 10.4. The minimum Gasteiger partial charge on any atom is -0.371 e. The number of hydrogen-bond acceptors (Lipinski definition) is 1. The van der Waals surface area contributed by atoms with Crippen LogP contribution in [-0.4, -0.2) is 13.1 Å². The second kappa shape index (κ2) is 4.29. The minimum atomic E-state index is 0.456. The maximum atomic E-state index is 5.84. The van der Waals surface area contributed by atoms with Crippen LogP contribution in [0.4, 0.5) is 5.69 Å². The summed E-state index contributed by atoms with van der Waals surface area (Å²) in [5, 5.41) is 0. The monoisotopic (exact) mass is 237 g/mol. The number of anilines is 1. The summed E-state index contributed by atoms with van der Waals surface area (Å²) in [6.45, 7) is 9.20. The van der Waals surface area contributed by atoms with E-state index in [4.69, 9.17) is 11.6 Å². The fourth-order valence-corrected chi connectivity index (χ4v) is 2.64. The van der Waals surface area contributed by atoms with Gasteiger partial charge in [0, 0.05) is 24.7 Å². The van der Waals surface area contributed by atoms with Crippen molar-refractivity contribution < 1.29 is 0 Å². The lowest BCUT2D eigenvalue weighted by Gasteiger charge is -2.23. The van der Waals surface area contributed by atoms with E-state index in [2.05, 4.69) is 43.9 Å². The molecular weight excluding hydrogens is 218 g/mol. The molecule has 0 spiro atoms. The highest BCUT2D eigenvalue weighted by molar-refractivity contribution is 6.17. The lowest BCUT2D eigenvalue weighted by Crippen LogP contribution is -2.23. The average Bonchev–Trinajstić information content (AvgIpc) is 2.58. The maximum absolute atomic E-state index is 5.84. The number of rotatable bonds is 2. The molecule has 1 heterocycles. The van der Waals surface area contributed by atoms with Crippen LogP contribution in [0.5, 0.6) is 0 Å². The van der Waals surface area contributed by atoms with Gasteiger partial charge in [-0.25, -0.2) is 0 Å². The van der Waals surface area contributed by atoms with E-state index in [1.54, 1.807) is 0 Å². The van der Waals surface area contributed by atoms with Gasteiger partial charge in [-0.05, 0) is 36.0 Å². The average molecular weight is 238 g/mol. The van der Waals surface area contributed by atoms with Crippen LogP contribution in [0, 0.1) is 12.3 Å². The minimum absolute atomic E-state index is 0.456. The number of benzene rings is 1. The normalized spacial score (nSPS) is 19.1. The molecule has 0 N–H and O–H groups in total. The Labute approximate surface area is 103 Å². The van der Waals surface area contributed by atoms with E-state index in [0.29, 0.717) is 11.3 Å². The molecule has 16 heavy (non-hydrogen) atoms. The third-order valence-corrected chi connectivity index (χ3v) is 3.74. The Morgan fingerprint density at radius 3 is 2.62 bits per heavy atom. The van der Waals surface area contributed by atoms with Gasteiger partial charge in [0.2, 0.25) is 0 Å². The summed E-state index contributed by atoms with van der Waals surface area (Å²) in [5.41, 5.74) is 4.38. The zero-order chi connectivity index (χ0) is 11.8. The van der Waals surface area contributed by atoms with E-state index >= 15 is 0 Å². The van der Waals surface area contributed by atoms with Crippen LogP contribution in [0.3, 0.4) is 0 Å². The molecule has 0 amide bonds. The molecule has 2 heteroatoms. The number of nitrogens with zero attached hydrogens (tertiary/aromatic N) is 1. The van der Waals surface area contributed by atoms with Gasteiger partial charge in [0.1, 0.15) is 0 Å². The highest BCUT2D eigenvalue weighted by Gasteiger charge is 2.29. The Kier molecular flexibility index (Phi) is 3.16. The molecule has 1 aromatic rings. The lowest BCUT2D eigenvalue weighted by molar-refractivity contribution is 0.418. The second-order valence-corrected chi connectivity index (χ2v) is 5.86. The Morgan fingerprint density at radius 1 is 1.38 bits per heavy atom. The Hall–Kier alpha value is -0.690. The van der Waals surface area contributed by atoms with Crippen molar-refractivity contribution in [2.75, 3.05) is 18.0 Å². The van der Waals surface area contributed by atoms with Gasteiger partial charge in [-0.3, -0.25) is 0 Å². The molecule has 1 saturated heterocycles. The zero-order valence-corrected chi connectivity index (χ0v) is 11.1. The molecule has 0 radical (unpaired) electrons. The van der Waals surface area contributed by atoms with Crippen LogP contribution in [-0.2, 0) is 5.88 Å². The summed E-state index contributed by atoms with van der Waals surface area (Å²) in [7, 11) is 0. The molecule has 1 aromatic carbocycles. The van der Waals surface area contributed by atoms with Crippen molar-refractivity contribution in [1.29, 1.82) is 0 Å². The van der Waals surface area contributed by atoms with Crippen LogP contribution >= 0.6 is 11.6 Å². The van der Waals surface area contributed by atoms with Crippen molar-refractivity contribution in [3.05, 3.63) is 29.3 Å². The van der Waals surface area contributed by atoms with Crippen LogP contribution < -0.4 is 4.90 Å². The molecule has 0 atom stereocenters. The molecule has 1 aliphatic heterocycles. The highest BCUT2D eigenvalue weighted by atomic mass is 35.5. The van der Waals surface area contributed by atoms with E-state index in [1.807, 2.05) is 0 Å². The van der Waals surface area contributed by atoms with E-state index in [9.17, 15) is 0 Å². The Balaban J connectivity index is 2.22. The van der Waals surface area contributed by atoms with Gasteiger partial charge < -0.3 is 4.90 Å². The predicted octanol–water partition coefficient (Wildman–Crippen LogP) is 3.97. The molecule has 0 aromatic heterocycles. The number of halogens is 1. The Morgan fingerprint density at radius 2 is 2.12 bits per heavy atom. The van der Waals surface area contributed by atoms with Crippen molar-refractivity contribution in [1.82, 2.24) is 0 Å². The quantitative estimate of drug-likeness (QED) is 0.704. The van der Waals surface area contributed by atoms with E-state index < -0.39 is 0 Å². The smallest absolute Gasteiger partial charge is 0.0474 e. The van der Waals surface area contributed by atoms with Crippen LogP contribution in [0.25, 0.3) is 0 Å². The third kappa shape index (κ3) is 2.35. The third-order valence-electron chi connectivity index (χ3n) is 3.43. The highest BCUT2D eigenvalue weighted by Crippen LogP contribution is 2.34. The first kappa shape index (κ1) is 11.8. The summed E-state index contributed by atoms with van der Waals surface area (Å²) in [6, 6.07) is 6.56. The standard InChI is InChI=1S/C14H20ClN/c1-11-8-12(9-15)4-5-13(11)16-7-6-14(2,3)10-16/h4-5,8H,6-7,9-10H2,1-3H3. The summed E-state index contributed by atoms with van der Waals surface area (Å²) < 4.78 is 0. The van der Waals surface area contributed by atoms with Crippen LogP contribution in [0.15, 0.2) is 18.2 Å². The number of aryl methyl sites for hydroxylation is 1. The van der Waals surface area contributed by atoms with Gasteiger partial charge in [0.15, 0.2) is 0 Å². The summed E-state index contributed by atoms with van der Waals surface area (Å²) >= 11 is 5.84. The van der Waals surface area contributed by atoms with Crippen molar-refractivity contribution in [2.45, 2.75) is 33.1 Å². The molecule has 0 saturated carbocycles. The second-order valence-electron chi connectivity index (χ2n) is 5.59. The summed E-state index contributed by atoms with van der Waals surface area (Å²) in [6.07, 6.45) is 1.28. The first-order chi connectivity index (χ1) is 7.52. The van der Waals surface area contributed by atoms with Crippen molar-refractivity contribution in [3.63, 3.8) is 0 Å². The summed E-state index contributed by atoms with van der Waals surface area (Å²) in [4.78, 5) is 2.49. The first-order valence-electron chi connectivity index (χ1n) is 5.92. The molecule has 0 bridgehead atoms. The predicted molar refractivity (Wildman–Crippen MR) is 71.3 cm³/mol. The molecule has 0 unspecified atom stereocenters. The van der Waals surface area contributed by atoms with Gasteiger partial charge in [-0.1, -0.05) is 26.0 Å². The topological polar surface area (TPSA) is 3.24 Å². The largest absolute Gasteiger partial charge is 0.371 e. The van der Waals surface area contributed by atoms with Crippen LogP contribution in [0.1, 0.15) is 31.4 Å². The molecule has 1 nitrogen and oxygen atoms in total. The van der Waals surface area contributed by atoms with E-state index in [0.717, 1.165) is 6.54 Å². The maximum Gasteiger partial charge on any atom is 0.0474 e. The van der Waals surface area contributed by atoms with Gasteiger partial charge >= 0.3 is 0 Å². The van der Waals surface area contributed by atoms with Gasteiger partial charge in [0.25, 0.3) is 0 Å². The van der Waals surface area contributed by atoms with Crippen molar-refractivity contribution in [2.24, 2.45) is 5.41 Å². The Bertz CT molecular complexity index is 384.